The first-order valence-electron chi connectivity index (χ1n) is 13.4. The molecule has 0 bridgehead atoms. The second kappa shape index (κ2) is 11.3. The molecular weight excluding hydrogens is 532 g/mol. The van der Waals surface area contributed by atoms with Crippen LogP contribution in [0.1, 0.15) is 63.8 Å². The van der Waals surface area contributed by atoms with Crippen molar-refractivity contribution in [3.05, 3.63) is 107 Å². The van der Waals surface area contributed by atoms with Gasteiger partial charge < -0.3 is 10.2 Å². The van der Waals surface area contributed by atoms with Gasteiger partial charge in [0.15, 0.2) is 0 Å². The average molecular weight is 569 g/mol. The number of phenolic OH excluding ortho intramolecular Hbond substituents is 2. The second-order valence-electron chi connectivity index (χ2n) is 12.0. The maximum atomic E-state index is 13.5. The number of hydrogen-bond acceptors (Lipinski definition) is 6. The summed E-state index contributed by atoms with van der Waals surface area (Å²) >= 11 is 0. The lowest BCUT2D eigenvalue weighted by molar-refractivity contribution is 0.445. The highest BCUT2D eigenvalue weighted by molar-refractivity contribution is 7.91. The highest BCUT2D eigenvalue weighted by Gasteiger charge is 2.21. The molecule has 0 aliphatic heterocycles. The summed E-state index contributed by atoms with van der Waals surface area (Å²) in [4.78, 5) is 9.08. The third-order valence-electron chi connectivity index (χ3n) is 6.71. The molecule has 0 amide bonds. The molecule has 2 N–H and O–H groups in total. The van der Waals surface area contributed by atoms with Gasteiger partial charge >= 0.3 is 0 Å². The lowest BCUT2D eigenvalue weighted by Crippen LogP contribution is -2.11. The number of aromatic hydroxyl groups is 2. The Balaban J connectivity index is 1.61. The highest BCUT2D eigenvalue weighted by atomic mass is 32.2. The quantitative estimate of drug-likeness (QED) is 0.230. The smallest absolute Gasteiger partial charge is 0.206 e. The molecule has 0 atom stereocenters. The van der Waals surface area contributed by atoms with Gasteiger partial charge in [0, 0.05) is 23.6 Å². The predicted molar refractivity (Wildman–Crippen MR) is 166 cm³/mol. The molecule has 0 saturated carbocycles. The summed E-state index contributed by atoms with van der Waals surface area (Å²) in [5.41, 5.74) is 3.11. The zero-order chi connectivity index (χ0) is 30.0. The van der Waals surface area contributed by atoms with E-state index in [2.05, 4.69) is 9.98 Å². The van der Waals surface area contributed by atoms with Crippen molar-refractivity contribution in [3.63, 3.8) is 0 Å². The number of aliphatic imine (C=N–C) groups is 2. The summed E-state index contributed by atoms with van der Waals surface area (Å²) < 4.78 is 27.0. The van der Waals surface area contributed by atoms with Crippen molar-refractivity contribution < 1.29 is 18.6 Å². The molecule has 0 heterocycles. The standard InChI is InChI=1S/C34H36N2O4S/c1-33(2,3)29-17-7-11-23(31(29)37)21-35-25-13-9-15-27(19-25)41(39,40)28-16-10-14-26(20-28)36-22-24-12-8-18-30(32(24)38)34(4,5)6/h7-22,37-38H,1-6H3. The molecule has 0 saturated heterocycles. The van der Waals surface area contributed by atoms with Crippen LogP contribution >= 0.6 is 0 Å². The van der Waals surface area contributed by atoms with Crippen LogP contribution in [0.2, 0.25) is 0 Å². The predicted octanol–water partition coefficient (Wildman–Crippen LogP) is 8.03. The normalized spacial score (nSPS) is 12.8. The SMILES string of the molecule is CC(C)(C)c1cccc(C=Nc2cccc(S(=O)(=O)c3cccc(N=Cc4cccc(C(C)(C)C)c4O)c3)c2)c1O. The van der Waals surface area contributed by atoms with Crippen molar-refractivity contribution in [2.45, 2.75) is 62.2 Å². The molecule has 0 unspecified atom stereocenters. The Morgan fingerprint density at radius 2 is 0.951 bits per heavy atom. The van der Waals surface area contributed by atoms with Gasteiger partial charge in [-0.2, -0.15) is 0 Å². The van der Waals surface area contributed by atoms with E-state index in [1.807, 2.05) is 65.8 Å². The molecule has 0 fully saturated rings. The zero-order valence-electron chi connectivity index (χ0n) is 24.3. The number of benzene rings is 4. The molecule has 6 nitrogen and oxygen atoms in total. The van der Waals surface area contributed by atoms with Crippen molar-refractivity contribution in [2.75, 3.05) is 0 Å². The second-order valence-corrected chi connectivity index (χ2v) is 14.0. The summed E-state index contributed by atoms with van der Waals surface area (Å²) in [7, 11) is -3.86. The minimum Gasteiger partial charge on any atom is -0.507 e. The number of phenols is 2. The fraction of sp³-hybridized carbons (Fsp3) is 0.235. The molecule has 41 heavy (non-hydrogen) atoms. The summed E-state index contributed by atoms with van der Waals surface area (Å²) in [6.45, 7) is 12.1. The molecule has 4 aromatic rings. The van der Waals surface area contributed by atoms with Crippen molar-refractivity contribution >= 4 is 33.6 Å². The zero-order valence-corrected chi connectivity index (χ0v) is 25.1. The number of nitrogens with zero attached hydrogens (tertiary/aromatic N) is 2. The molecule has 0 aromatic heterocycles. The van der Waals surface area contributed by atoms with Crippen LogP contribution in [0, 0.1) is 0 Å². The van der Waals surface area contributed by atoms with Crippen molar-refractivity contribution in [1.82, 2.24) is 0 Å². The van der Waals surface area contributed by atoms with E-state index < -0.39 is 9.84 Å². The van der Waals surface area contributed by atoms with Crippen LogP contribution in [0.5, 0.6) is 11.5 Å². The van der Waals surface area contributed by atoms with Gasteiger partial charge in [0.1, 0.15) is 11.5 Å². The van der Waals surface area contributed by atoms with E-state index in [1.54, 1.807) is 36.4 Å². The van der Waals surface area contributed by atoms with Crippen LogP contribution in [0.4, 0.5) is 11.4 Å². The van der Waals surface area contributed by atoms with E-state index in [4.69, 9.17) is 0 Å². The lowest BCUT2D eigenvalue weighted by Gasteiger charge is -2.21. The van der Waals surface area contributed by atoms with Crippen molar-refractivity contribution in [2.24, 2.45) is 9.98 Å². The number of hydrogen-bond donors (Lipinski definition) is 2. The average Bonchev–Trinajstić information content (AvgIpc) is 2.91. The summed E-state index contributed by atoms with van der Waals surface area (Å²) in [5.74, 6) is 0.312. The monoisotopic (exact) mass is 568 g/mol. The van der Waals surface area contributed by atoms with Gasteiger partial charge in [-0.25, -0.2) is 8.42 Å². The van der Waals surface area contributed by atoms with E-state index in [9.17, 15) is 18.6 Å². The van der Waals surface area contributed by atoms with Crippen LogP contribution in [0.3, 0.4) is 0 Å². The van der Waals surface area contributed by atoms with Gasteiger partial charge in [-0.15, -0.1) is 0 Å². The van der Waals surface area contributed by atoms with Gasteiger partial charge in [0.2, 0.25) is 9.84 Å². The van der Waals surface area contributed by atoms with Crippen molar-refractivity contribution in [3.8, 4) is 11.5 Å². The molecule has 0 aliphatic rings. The number of sulfone groups is 1. The molecule has 4 rings (SSSR count). The molecule has 0 radical (unpaired) electrons. The van der Waals surface area contributed by atoms with Crippen LogP contribution < -0.4 is 0 Å². The van der Waals surface area contributed by atoms with E-state index >= 15 is 0 Å². The van der Waals surface area contributed by atoms with E-state index in [0.29, 0.717) is 22.5 Å². The van der Waals surface area contributed by atoms with E-state index in [0.717, 1.165) is 11.1 Å². The summed E-state index contributed by atoms with van der Waals surface area (Å²) in [5, 5.41) is 21.5. The van der Waals surface area contributed by atoms with Crippen LogP contribution in [-0.2, 0) is 20.7 Å². The van der Waals surface area contributed by atoms with Crippen molar-refractivity contribution in [1.29, 1.82) is 0 Å². The molecule has 0 aliphatic carbocycles. The molecule has 212 valence electrons. The minimum absolute atomic E-state index is 0.0940. The Bertz CT molecular complexity index is 1620. The third-order valence-corrected chi connectivity index (χ3v) is 8.46. The van der Waals surface area contributed by atoms with E-state index in [1.165, 1.54) is 36.7 Å². The Kier molecular flexibility index (Phi) is 8.22. The fourth-order valence-corrected chi connectivity index (χ4v) is 5.77. The topological polar surface area (TPSA) is 99.3 Å². The van der Waals surface area contributed by atoms with Crippen LogP contribution in [0.25, 0.3) is 0 Å². The van der Waals surface area contributed by atoms with Crippen LogP contribution in [-0.4, -0.2) is 31.1 Å². The first-order valence-corrected chi connectivity index (χ1v) is 14.8. The molecule has 7 heteroatoms. The number of para-hydroxylation sites is 2. The Labute approximate surface area is 242 Å². The summed E-state index contributed by atoms with van der Waals surface area (Å²) in [6, 6.07) is 23.8. The van der Waals surface area contributed by atoms with Gasteiger partial charge in [-0.1, -0.05) is 77.9 Å². The maximum absolute atomic E-state index is 13.5. The van der Waals surface area contributed by atoms with E-state index in [-0.39, 0.29) is 32.1 Å². The maximum Gasteiger partial charge on any atom is 0.206 e. The molecular formula is C34H36N2O4S. The first kappa shape index (κ1) is 29.7. The Hall–Kier alpha value is -4.23. The first-order chi connectivity index (χ1) is 19.2. The van der Waals surface area contributed by atoms with Gasteiger partial charge in [-0.05, 0) is 70.5 Å². The molecule has 4 aromatic carbocycles. The van der Waals surface area contributed by atoms with Gasteiger partial charge in [0.25, 0.3) is 0 Å². The Morgan fingerprint density at radius 1 is 0.585 bits per heavy atom. The summed E-state index contributed by atoms with van der Waals surface area (Å²) in [6.07, 6.45) is 3.07. The Morgan fingerprint density at radius 3 is 1.32 bits per heavy atom. The third kappa shape index (κ3) is 6.74. The number of rotatable bonds is 6. The lowest BCUT2D eigenvalue weighted by atomic mass is 9.85. The van der Waals surface area contributed by atoms with Gasteiger partial charge in [-0.3, -0.25) is 9.98 Å². The fourth-order valence-electron chi connectivity index (χ4n) is 4.43. The van der Waals surface area contributed by atoms with Crippen LogP contribution in [0.15, 0.2) is 105 Å². The van der Waals surface area contributed by atoms with Gasteiger partial charge in [0.05, 0.1) is 21.2 Å². The largest absolute Gasteiger partial charge is 0.507 e. The minimum atomic E-state index is -3.86. The highest BCUT2D eigenvalue weighted by Crippen LogP contribution is 2.34. The molecule has 0 spiro atoms.